The number of pyridine rings is 1. The van der Waals surface area contributed by atoms with Crippen molar-refractivity contribution in [1.29, 1.82) is 0 Å². The summed E-state index contributed by atoms with van der Waals surface area (Å²) in [5.41, 5.74) is 1.93. The van der Waals surface area contributed by atoms with Crippen LogP contribution in [0.1, 0.15) is 41.7 Å². The summed E-state index contributed by atoms with van der Waals surface area (Å²) >= 11 is 0. The van der Waals surface area contributed by atoms with E-state index >= 15 is 0 Å². The van der Waals surface area contributed by atoms with Gasteiger partial charge in [-0.3, -0.25) is 9.78 Å². The summed E-state index contributed by atoms with van der Waals surface area (Å²) < 4.78 is 0. The monoisotopic (exact) mass is 351 g/mol. The minimum Gasteiger partial charge on any atom is -0.390 e. The molecule has 1 aromatic heterocycles. The number of carbonyl (C=O) groups excluding carboxylic acids is 1. The van der Waals surface area contributed by atoms with Crippen LogP contribution in [-0.2, 0) is 6.54 Å². The predicted octanol–water partition coefficient (Wildman–Crippen LogP) is 3.07. The first kappa shape index (κ1) is 17.0. The molecule has 5 heteroatoms. The van der Waals surface area contributed by atoms with Crippen molar-refractivity contribution in [2.24, 2.45) is 5.92 Å². The smallest absolute Gasteiger partial charge is 0.255 e. The largest absolute Gasteiger partial charge is 0.390 e. The molecule has 136 valence electrons. The second kappa shape index (κ2) is 7.08. The normalized spacial score (nSPS) is 21.3. The van der Waals surface area contributed by atoms with Crippen LogP contribution in [0.3, 0.4) is 0 Å². The van der Waals surface area contributed by atoms with E-state index < -0.39 is 5.60 Å². The number of nitrogens with zero attached hydrogens (tertiary/aromatic N) is 2. The molecule has 2 N–H and O–H groups in total. The second-order valence-electron chi connectivity index (χ2n) is 7.41. The van der Waals surface area contributed by atoms with E-state index in [1.54, 1.807) is 6.20 Å². The SMILES string of the molecule is O=C(c1ccccc1NCc1ccccn1)N1CCCC(C2(O)CC2)C1. The highest BCUT2D eigenvalue weighted by Gasteiger charge is 2.49. The van der Waals surface area contributed by atoms with Gasteiger partial charge in [0.15, 0.2) is 0 Å². The number of hydrogen-bond donors (Lipinski definition) is 2. The Balaban J connectivity index is 1.47. The third-order valence-corrected chi connectivity index (χ3v) is 5.57. The van der Waals surface area contributed by atoms with Crippen LogP contribution in [-0.4, -0.2) is 39.6 Å². The lowest BCUT2D eigenvalue weighted by atomic mass is 9.90. The highest BCUT2D eigenvalue weighted by Crippen LogP contribution is 2.45. The molecule has 2 aromatic rings. The maximum Gasteiger partial charge on any atom is 0.255 e. The summed E-state index contributed by atoms with van der Waals surface area (Å²) in [5.74, 6) is 0.261. The molecular formula is C21H25N3O2. The van der Waals surface area contributed by atoms with E-state index in [1.165, 1.54) is 0 Å². The van der Waals surface area contributed by atoms with Gasteiger partial charge in [-0.15, -0.1) is 0 Å². The number of nitrogens with one attached hydrogen (secondary N) is 1. The Labute approximate surface area is 154 Å². The summed E-state index contributed by atoms with van der Waals surface area (Å²) in [7, 11) is 0. The summed E-state index contributed by atoms with van der Waals surface area (Å²) in [4.78, 5) is 19.3. The van der Waals surface area contributed by atoms with E-state index in [2.05, 4.69) is 10.3 Å². The fourth-order valence-corrected chi connectivity index (χ4v) is 3.82. The van der Waals surface area contributed by atoms with Crippen LogP contribution in [0, 0.1) is 5.92 Å². The van der Waals surface area contributed by atoms with E-state index in [1.807, 2.05) is 47.4 Å². The number of aromatic nitrogens is 1. The lowest BCUT2D eigenvalue weighted by Gasteiger charge is -2.35. The minimum atomic E-state index is -0.518. The first-order valence-corrected chi connectivity index (χ1v) is 9.40. The van der Waals surface area contributed by atoms with Crippen LogP contribution in [0.25, 0.3) is 0 Å². The summed E-state index contributed by atoms with van der Waals surface area (Å²) in [6.07, 6.45) is 5.50. The molecule has 1 aliphatic heterocycles. The van der Waals surface area contributed by atoms with Gasteiger partial charge in [-0.2, -0.15) is 0 Å². The van der Waals surface area contributed by atoms with Crippen LogP contribution in [0.4, 0.5) is 5.69 Å². The van der Waals surface area contributed by atoms with Crippen molar-refractivity contribution in [2.75, 3.05) is 18.4 Å². The Morgan fingerprint density at radius 3 is 2.81 bits per heavy atom. The molecule has 1 atom stereocenters. The number of anilines is 1. The number of rotatable bonds is 5. The van der Waals surface area contributed by atoms with E-state index in [0.29, 0.717) is 18.7 Å². The van der Waals surface area contributed by atoms with Crippen LogP contribution < -0.4 is 5.32 Å². The quantitative estimate of drug-likeness (QED) is 0.869. The van der Waals surface area contributed by atoms with E-state index in [-0.39, 0.29) is 11.8 Å². The lowest BCUT2D eigenvalue weighted by Crippen LogP contribution is -2.44. The lowest BCUT2D eigenvalue weighted by molar-refractivity contribution is 0.0282. The number of aliphatic hydroxyl groups is 1. The molecule has 1 unspecified atom stereocenters. The molecule has 0 bridgehead atoms. The van der Waals surface area contributed by atoms with Crippen molar-refractivity contribution >= 4 is 11.6 Å². The van der Waals surface area contributed by atoms with Gasteiger partial charge in [0, 0.05) is 30.9 Å². The third-order valence-electron chi connectivity index (χ3n) is 5.57. The second-order valence-corrected chi connectivity index (χ2v) is 7.41. The molecule has 5 nitrogen and oxygen atoms in total. The molecule has 0 radical (unpaired) electrons. The topological polar surface area (TPSA) is 65.5 Å². The minimum absolute atomic E-state index is 0.0445. The van der Waals surface area contributed by atoms with Gasteiger partial charge < -0.3 is 15.3 Å². The van der Waals surface area contributed by atoms with Gasteiger partial charge in [-0.25, -0.2) is 0 Å². The summed E-state index contributed by atoms with van der Waals surface area (Å²) in [6.45, 7) is 2.00. The molecule has 4 rings (SSSR count). The van der Waals surface area contributed by atoms with Crippen LogP contribution in [0.2, 0.25) is 0 Å². The van der Waals surface area contributed by atoms with Gasteiger partial charge >= 0.3 is 0 Å². The van der Waals surface area contributed by atoms with Gasteiger partial charge in [0.2, 0.25) is 0 Å². The fourth-order valence-electron chi connectivity index (χ4n) is 3.82. The molecule has 1 aliphatic carbocycles. The summed E-state index contributed by atoms with van der Waals surface area (Å²) in [5, 5.41) is 13.8. The maximum absolute atomic E-state index is 13.1. The maximum atomic E-state index is 13.1. The molecule has 1 aromatic carbocycles. The average molecular weight is 351 g/mol. The van der Waals surface area contributed by atoms with Gasteiger partial charge in [0.05, 0.1) is 23.4 Å². The molecule has 1 amide bonds. The van der Waals surface area contributed by atoms with Crippen molar-refractivity contribution in [3.05, 3.63) is 59.9 Å². The zero-order valence-corrected chi connectivity index (χ0v) is 14.9. The highest BCUT2D eigenvalue weighted by molar-refractivity contribution is 5.99. The molecule has 26 heavy (non-hydrogen) atoms. The number of likely N-dealkylation sites (tertiary alicyclic amines) is 1. The van der Waals surface area contributed by atoms with E-state index in [9.17, 15) is 9.90 Å². The Kier molecular flexibility index (Phi) is 4.64. The van der Waals surface area contributed by atoms with E-state index in [4.69, 9.17) is 0 Å². The molecule has 2 fully saturated rings. The van der Waals surface area contributed by atoms with Gasteiger partial charge in [-0.05, 0) is 49.9 Å². The molecule has 1 saturated heterocycles. The Morgan fingerprint density at radius 1 is 1.23 bits per heavy atom. The van der Waals surface area contributed by atoms with Crippen molar-refractivity contribution in [2.45, 2.75) is 37.8 Å². The van der Waals surface area contributed by atoms with Crippen molar-refractivity contribution in [1.82, 2.24) is 9.88 Å². The van der Waals surface area contributed by atoms with Crippen LogP contribution >= 0.6 is 0 Å². The Morgan fingerprint density at radius 2 is 2.04 bits per heavy atom. The standard InChI is InChI=1S/C21H25N3O2/c25-20(24-13-5-6-16(15-24)21(26)10-11-21)18-8-1-2-9-19(18)23-14-17-7-3-4-12-22-17/h1-4,7-9,12,16,23,26H,5-6,10-11,13-15H2. The Bertz CT molecular complexity index is 774. The number of benzene rings is 1. The van der Waals surface area contributed by atoms with Crippen molar-refractivity contribution in [3.8, 4) is 0 Å². The number of hydrogen-bond acceptors (Lipinski definition) is 4. The van der Waals surface area contributed by atoms with Crippen molar-refractivity contribution in [3.63, 3.8) is 0 Å². The number of piperidine rings is 1. The van der Waals surface area contributed by atoms with Crippen LogP contribution in [0.5, 0.6) is 0 Å². The molecule has 2 aliphatic rings. The molecular weight excluding hydrogens is 326 g/mol. The zero-order valence-electron chi connectivity index (χ0n) is 14.9. The fraction of sp³-hybridized carbons (Fsp3) is 0.429. The average Bonchev–Trinajstić information content (AvgIpc) is 3.46. The third kappa shape index (κ3) is 3.58. The zero-order chi connectivity index (χ0) is 18.0. The number of para-hydroxylation sites is 1. The van der Waals surface area contributed by atoms with E-state index in [0.717, 1.165) is 43.6 Å². The number of amides is 1. The Hall–Kier alpha value is -2.40. The predicted molar refractivity (Wildman–Crippen MR) is 101 cm³/mol. The first-order chi connectivity index (χ1) is 12.7. The highest BCUT2D eigenvalue weighted by atomic mass is 16.3. The molecule has 2 heterocycles. The molecule has 0 spiro atoms. The number of carbonyl (C=O) groups is 1. The molecule has 1 saturated carbocycles. The van der Waals surface area contributed by atoms with Crippen LogP contribution in [0.15, 0.2) is 48.7 Å². The van der Waals surface area contributed by atoms with Gasteiger partial charge in [-0.1, -0.05) is 18.2 Å². The van der Waals surface area contributed by atoms with Crippen molar-refractivity contribution < 1.29 is 9.90 Å². The first-order valence-electron chi connectivity index (χ1n) is 9.40. The van der Waals surface area contributed by atoms with Gasteiger partial charge in [0.25, 0.3) is 5.91 Å². The summed E-state index contributed by atoms with van der Waals surface area (Å²) in [6, 6.07) is 13.4. The van der Waals surface area contributed by atoms with Gasteiger partial charge in [0.1, 0.15) is 0 Å².